The van der Waals surface area contributed by atoms with E-state index >= 15 is 0 Å². The van der Waals surface area contributed by atoms with Gasteiger partial charge in [0.2, 0.25) is 0 Å². The molecule has 7 heteroatoms. The van der Waals surface area contributed by atoms with Crippen molar-refractivity contribution in [3.05, 3.63) is 84.2 Å². The number of anilines is 1. The van der Waals surface area contributed by atoms with E-state index in [9.17, 15) is 0 Å². The Bertz CT molecular complexity index is 1390. The van der Waals surface area contributed by atoms with Gasteiger partial charge in [-0.2, -0.15) is 0 Å². The van der Waals surface area contributed by atoms with Gasteiger partial charge in [0.05, 0.1) is 11.3 Å². The summed E-state index contributed by atoms with van der Waals surface area (Å²) in [7, 11) is 0. The number of hydrogen-bond donors (Lipinski definition) is 2. The van der Waals surface area contributed by atoms with E-state index in [1.807, 2.05) is 37.3 Å². The number of imidazole rings is 1. The SMILES string of the molecule is C/C=C\C(=C/CC)c1ccc2nc(-c3cccnc3N)n(-c3ccc(CN4CCNCC4)cc3)c2n1. The zero-order valence-corrected chi connectivity index (χ0v) is 21.0. The highest BCUT2D eigenvalue weighted by molar-refractivity contribution is 5.85. The smallest absolute Gasteiger partial charge is 0.165 e. The Kier molecular flexibility index (Phi) is 7.21. The Labute approximate surface area is 212 Å². The van der Waals surface area contributed by atoms with Crippen LogP contribution in [0.25, 0.3) is 33.8 Å². The number of rotatable bonds is 7. The number of hydrogen-bond acceptors (Lipinski definition) is 6. The molecule has 0 aliphatic carbocycles. The Morgan fingerprint density at radius 3 is 2.58 bits per heavy atom. The Morgan fingerprint density at radius 2 is 1.86 bits per heavy atom. The lowest BCUT2D eigenvalue weighted by Gasteiger charge is -2.27. The summed E-state index contributed by atoms with van der Waals surface area (Å²) < 4.78 is 2.10. The standard InChI is InChI=1S/C29H33N7/c1-3-6-22(7-4-2)25-13-14-26-29(33-25)36(28(34-26)24-8-5-15-32-27(24)30)23-11-9-21(10-12-23)20-35-18-16-31-17-19-35/h3,5-15,31H,4,16-20H2,1-2H3,(H2,30,32)/b6-3-,22-7+. The predicted octanol–water partition coefficient (Wildman–Crippen LogP) is 4.84. The van der Waals surface area contributed by atoms with Crippen molar-refractivity contribution in [2.45, 2.75) is 26.8 Å². The van der Waals surface area contributed by atoms with Crippen LogP contribution in [0.15, 0.2) is 73.0 Å². The zero-order chi connectivity index (χ0) is 24.9. The van der Waals surface area contributed by atoms with Gasteiger partial charge in [-0.05, 0) is 60.9 Å². The van der Waals surface area contributed by atoms with Gasteiger partial charge in [0.15, 0.2) is 11.5 Å². The maximum atomic E-state index is 6.29. The molecule has 0 atom stereocenters. The summed E-state index contributed by atoms with van der Waals surface area (Å²) in [6.45, 7) is 9.35. The quantitative estimate of drug-likeness (QED) is 0.369. The molecule has 4 heterocycles. The highest BCUT2D eigenvalue weighted by atomic mass is 15.2. The molecule has 4 aromatic rings. The number of benzene rings is 1. The largest absolute Gasteiger partial charge is 0.383 e. The highest BCUT2D eigenvalue weighted by Gasteiger charge is 2.19. The molecule has 0 amide bonds. The van der Waals surface area contributed by atoms with Crippen LogP contribution < -0.4 is 11.1 Å². The second-order valence-corrected chi connectivity index (χ2v) is 9.01. The molecular weight excluding hydrogens is 446 g/mol. The molecule has 1 saturated heterocycles. The fraction of sp³-hybridized carbons (Fsp3) is 0.276. The van der Waals surface area contributed by atoms with Gasteiger partial charge in [0, 0.05) is 44.6 Å². The fourth-order valence-electron chi connectivity index (χ4n) is 4.69. The Balaban J connectivity index is 1.62. The predicted molar refractivity (Wildman–Crippen MR) is 148 cm³/mol. The van der Waals surface area contributed by atoms with E-state index in [0.717, 1.165) is 78.7 Å². The highest BCUT2D eigenvalue weighted by Crippen LogP contribution is 2.31. The molecule has 1 fully saturated rings. The number of nitrogens with zero attached hydrogens (tertiary/aromatic N) is 5. The number of allylic oxidation sites excluding steroid dienone is 4. The maximum Gasteiger partial charge on any atom is 0.165 e. The van der Waals surface area contributed by atoms with Crippen molar-refractivity contribution in [1.29, 1.82) is 0 Å². The van der Waals surface area contributed by atoms with E-state index in [1.165, 1.54) is 5.56 Å². The zero-order valence-electron chi connectivity index (χ0n) is 21.0. The number of aromatic nitrogens is 4. The minimum atomic E-state index is 0.449. The first-order valence-electron chi connectivity index (χ1n) is 12.6. The van der Waals surface area contributed by atoms with Crippen LogP contribution in [0.2, 0.25) is 0 Å². The third kappa shape index (κ3) is 4.94. The lowest BCUT2D eigenvalue weighted by Crippen LogP contribution is -2.42. The average Bonchev–Trinajstić information content (AvgIpc) is 3.28. The summed E-state index contributed by atoms with van der Waals surface area (Å²) >= 11 is 0. The first-order valence-corrected chi connectivity index (χ1v) is 12.6. The summed E-state index contributed by atoms with van der Waals surface area (Å²) in [6.07, 6.45) is 8.98. The summed E-state index contributed by atoms with van der Waals surface area (Å²) in [5, 5.41) is 3.42. The summed E-state index contributed by atoms with van der Waals surface area (Å²) in [6, 6.07) is 16.6. The van der Waals surface area contributed by atoms with Gasteiger partial charge < -0.3 is 11.1 Å². The number of nitrogens with one attached hydrogen (secondary N) is 1. The van der Waals surface area contributed by atoms with Gasteiger partial charge in [-0.1, -0.05) is 37.3 Å². The number of pyridine rings is 2. The molecule has 0 radical (unpaired) electrons. The van der Waals surface area contributed by atoms with Gasteiger partial charge in [-0.15, -0.1) is 0 Å². The second kappa shape index (κ2) is 10.8. The van der Waals surface area contributed by atoms with Crippen LogP contribution in [0.1, 0.15) is 31.5 Å². The molecule has 184 valence electrons. The van der Waals surface area contributed by atoms with Gasteiger partial charge in [0.25, 0.3) is 0 Å². The number of fused-ring (bicyclic) bond motifs is 1. The van der Waals surface area contributed by atoms with Crippen LogP contribution >= 0.6 is 0 Å². The molecule has 0 bridgehead atoms. The summed E-state index contributed by atoms with van der Waals surface area (Å²) in [5.41, 5.74) is 13.0. The van der Waals surface area contributed by atoms with E-state index in [0.29, 0.717) is 5.82 Å². The normalized spacial score (nSPS) is 15.2. The Morgan fingerprint density at radius 1 is 1.06 bits per heavy atom. The first kappa shape index (κ1) is 23.9. The van der Waals surface area contributed by atoms with E-state index in [1.54, 1.807) is 6.20 Å². The van der Waals surface area contributed by atoms with Crippen molar-refractivity contribution in [3.8, 4) is 17.1 Å². The molecular formula is C29H33N7. The molecule has 0 spiro atoms. The molecule has 1 aliphatic rings. The van der Waals surface area contributed by atoms with Gasteiger partial charge >= 0.3 is 0 Å². The molecule has 36 heavy (non-hydrogen) atoms. The van der Waals surface area contributed by atoms with Crippen LogP contribution in [-0.4, -0.2) is 50.6 Å². The third-order valence-electron chi connectivity index (χ3n) is 6.46. The van der Waals surface area contributed by atoms with E-state index in [-0.39, 0.29) is 0 Å². The molecule has 0 unspecified atom stereocenters. The van der Waals surface area contributed by atoms with Crippen molar-refractivity contribution < 1.29 is 0 Å². The van der Waals surface area contributed by atoms with Crippen molar-refractivity contribution in [2.24, 2.45) is 0 Å². The van der Waals surface area contributed by atoms with E-state index in [4.69, 9.17) is 15.7 Å². The molecule has 0 saturated carbocycles. The lowest BCUT2D eigenvalue weighted by atomic mass is 10.1. The fourth-order valence-corrected chi connectivity index (χ4v) is 4.69. The molecule has 1 aromatic carbocycles. The molecule has 3 N–H and O–H groups in total. The topological polar surface area (TPSA) is 84.9 Å². The van der Waals surface area contributed by atoms with Gasteiger partial charge in [0.1, 0.15) is 11.3 Å². The maximum absolute atomic E-state index is 6.29. The number of nitrogen functional groups attached to an aromatic ring is 1. The van der Waals surface area contributed by atoms with Gasteiger partial charge in [-0.3, -0.25) is 9.47 Å². The third-order valence-corrected chi connectivity index (χ3v) is 6.46. The average molecular weight is 480 g/mol. The molecule has 1 aliphatic heterocycles. The second-order valence-electron chi connectivity index (χ2n) is 9.01. The van der Waals surface area contributed by atoms with Crippen molar-refractivity contribution in [3.63, 3.8) is 0 Å². The van der Waals surface area contributed by atoms with Crippen LogP contribution in [0.5, 0.6) is 0 Å². The van der Waals surface area contributed by atoms with Crippen LogP contribution in [-0.2, 0) is 6.54 Å². The number of piperazine rings is 1. The van der Waals surface area contributed by atoms with Crippen molar-refractivity contribution in [2.75, 3.05) is 31.9 Å². The minimum Gasteiger partial charge on any atom is -0.383 e. The molecule has 3 aromatic heterocycles. The van der Waals surface area contributed by atoms with Gasteiger partial charge in [-0.25, -0.2) is 15.0 Å². The molecule has 5 rings (SSSR count). The monoisotopic (exact) mass is 479 g/mol. The van der Waals surface area contributed by atoms with E-state index < -0.39 is 0 Å². The van der Waals surface area contributed by atoms with Crippen LogP contribution in [0.4, 0.5) is 5.82 Å². The van der Waals surface area contributed by atoms with Crippen LogP contribution in [0, 0.1) is 0 Å². The summed E-state index contributed by atoms with van der Waals surface area (Å²) in [5.74, 6) is 1.19. The minimum absolute atomic E-state index is 0.449. The molecule has 7 nitrogen and oxygen atoms in total. The summed E-state index contributed by atoms with van der Waals surface area (Å²) in [4.78, 5) is 16.8. The van der Waals surface area contributed by atoms with Crippen molar-refractivity contribution in [1.82, 2.24) is 29.7 Å². The van der Waals surface area contributed by atoms with E-state index in [2.05, 4.69) is 63.1 Å². The lowest BCUT2D eigenvalue weighted by molar-refractivity contribution is 0.233. The first-order chi connectivity index (χ1) is 17.7. The van der Waals surface area contributed by atoms with Crippen molar-refractivity contribution >= 4 is 22.6 Å². The number of nitrogens with two attached hydrogens (primary N) is 1. The van der Waals surface area contributed by atoms with Crippen LogP contribution in [0.3, 0.4) is 0 Å². The Hall–Kier alpha value is -3.81.